The molecular weight excluding hydrogens is 256 g/mol. The molecule has 0 amide bonds. The van der Waals surface area contributed by atoms with E-state index in [1.807, 2.05) is 0 Å². The van der Waals surface area contributed by atoms with E-state index in [0.717, 1.165) is 19.3 Å². The zero-order valence-electron chi connectivity index (χ0n) is 13.0. The van der Waals surface area contributed by atoms with Crippen LogP contribution in [-0.2, 0) is 7.05 Å². The average Bonchev–Trinajstić information content (AvgIpc) is 2.38. The minimum atomic E-state index is -0.428. The van der Waals surface area contributed by atoms with E-state index in [9.17, 15) is 9.59 Å². The lowest BCUT2D eigenvalue weighted by molar-refractivity contribution is 0.175. The Kier molecular flexibility index (Phi) is 4.01. The molecule has 3 unspecified atom stereocenters. The van der Waals surface area contributed by atoms with Crippen molar-refractivity contribution in [2.75, 3.05) is 19.0 Å². The minimum Gasteiger partial charge on any atom is -0.348 e. The molecule has 0 spiro atoms. The summed E-state index contributed by atoms with van der Waals surface area (Å²) in [6, 6.07) is -0.0336. The van der Waals surface area contributed by atoms with Crippen molar-refractivity contribution >= 4 is 5.95 Å². The Morgan fingerprint density at radius 1 is 1.20 bits per heavy atom. The van der Waals surface area contributed by atoms with Crippen LogP contribution in [0.25, 0.3) is 0 Å². The van der Waals surface area contributed by atoms with E-state index in [1.165, 1.54) is 9.13 Å². The third-order valence-electron chi connectivity index (χ3n) is 4.59. The van der Waals surface area contributed by atoms with E-state index < -0.39 is 5.69 Å². The van der Waals surface area contributed by atoms with Crippen molar-refractivity contribution < 1.29 is 0 Å². The number of aromatic nitrogens is 3. The third kappa shape index (κ3) is 2.39. The molecule has 1 heterocycles. The molecule has 1 aromatic heterocycles. The summed E-state index contributed by atoms with van der Waals surface area (Å²) < 4.78 is 2.81. The van der Waals surface area contributed by atoms with Crippen molar-refractivity contribution in [3.05, 3.63) is 21.0 Å². The number of hydrogen-bond donors (Lipinski definition) is 0. The fourth-order valence-electron chi connectivity index (χ4n) is 3.15. The molecule has 1 aliphatic carbocycles. The number of hydrogen-bond acceptors (Lipinski definition) is 4. The van der Waals surface area contributed by atoms with Crippen LogP contribution in [0, 0.1) is 11.8 Å². The van der Waals surface area contributed by atoms with Gasteiger partial charge in [-0.1, -0.05) is 26.7 Å². The predicted molar refractivity (Wildman–Crippen MR) is 79.3 cm³/mol. The van der Waals surface area contributed by atoms with Crippen LogP contribution in [0.15, 0.2) is 9.59 Å². The van der Waals surface area contributed by atoms with Crippen LogP contribution in [-0.4, -0.2) is 28.2 Å². The molecule has 0 aliphatic heterocycles. The van der Waals surface area contributed by atoms with Gasteiger partial charge in [0.05, 0.1) is 0 Å². The molecule has 0 aromatic carbocycles. The summed E-state index contributed by atoms with van der Waals surface area (Å²) in [5, 5.41) is 0. The van der Waals surface area contributed by atoms with Crippen molar-refractivity contribution in [1.82, 2.24) is 14.1 Å². The van der Waals surface area contributed by atoms with Crippen molar-refractivity contribution in [3.63, 3.8) is 0 Å². The van der Waals surface area contributed by atoms with Gasteiger partial charge in [0.25, 0.3) is 0 Å². The molecule has 3 atom stereocenters. The van der Waals surface area contributed by atoms with Gasteiger partial charge in [-0.05, 0) is 18.3 Å². The SMILES string of the molecule is CC1CCCC(n2c(=O)nc(N(C)C)n(C)c2=O)C1C. The van der Waals surface area contributed by atoms with Gasteiger partial charge in [0.15, 0.2) is 0 Å². The van der Waals surface area contributed by atoms with Crippen molar-refractivity contribution in [3.8, 4) is 0 Å². The maximum atomic E-state index is 12.5. The maximum absolute atomic E-state index is 12.5. The van der Waals surface area contributed by atoms with Gasteiger partial charge >= 0.3 is 11.4 Å². The Balaban J connectivity index is 2.56. The lowest BCUT2D eigenvalue weighted by atomic mass is 9.78. The Labute approximate surface area is 119 Å². The molecule has 0 radical (unpaired) electrons. The molecule has 0 saturated heterocycles. The Morgan fingerprint density at radius 3 is 2.45 bits per heavy atom. The quantitative estimate of drug-likeness (QED) is 0.811. The van der Waals surface area contributed by atoms with Gasteiger partial charge in [-0.2, -0.15) is 4.98 Å². The first-order chi connectivity index (χ1) is 9.34. The van der Waals surface area contributed by atoms with Gasteiger partial charge < -0.3 is 4.90 Å². The molecular formula is C14H24N4O2. The predicted octanol–water partition coefficient (Wildman–Crippen LogP) is 1.01. The Hall–Kier alpha value is -1.59. The van der Waals surface area contributed by atoms with Crippen molar-refractivity contribution in [2.45, 2.75) is 39.2 Å². The second kappa shape index (κ2) is 5.42. The normalized spacial score (nSPS) is 26.6. The van der Waals surface area contributed by atoms with Gasteiger partial charge in [-0.15, -0.1) is 0 Å². The van der Waals surface area contributed by atoms with E-state index in [0.29, 0.717) is 17.8 Å². The van der Waals surface area contributed by atoms with Crippen LogP contribution in [0.2, 0.25) is 0 Å². The monoisotopic (exact) mass is 280 g/mol. The molecule has 6 heteroatoms. The Bertz CT molecular complexity index is 602. The Morgan fingerprint density at radius 2 is 1.85 bits per heavy atom. The highest BCUT2D eigenvalue weighted by Crippen LogP contribution is 2.36. The molecule has 2 rings (SSSR count). The zero-order chi connectivity index (χ0) is 15.0. The fourth-order valence-corrected chi connectivity index (χ4v) is 3.15. The van der Waals surface area contributed by atoms with Gasteiger partial charge in [0.2, 0.25) is 5.95 Å². The molecule has 1 fully saturated rings. The third-order valence-corrected chi connectivity index (χ3v) is 4.59. The molecule has 20 heavy (non-hydrogen) atoms. The highest BCUT2D eigenvalue weighted by atomic mass is 16.2. The summed E-state index contributed by atoms with van der Waals surface area (Å²) >= 11 is 0. The molecule has 1 aromatic rings. The molecule has 1 saturated carbocycles. The summed E-state index contributed by atoms with van der Waals surface area (Å²) in [5.74, 6) is 1.24. The molecule has 112 valence electrons. The lowest BCUT2D eigenvalue weighted by Gasteiger charge is -2.34. The van der Waals surface area contributed by atoms with Crippen LogP contribution in [0.3, 0.4) is 0 Å². The van der Waals surface area contributed by atoms with Crippen LogP contribution >= 0.6 is 0 Å². The standard InChI is InChI=1S/C14H24N4O2/c1-9-7-6-8-11(10(9)2)18-13(19)15-12(16(3)4)17(5)14(18)20/h9-11H,6-8H2,1-5H3. The first kappa shape index (κ1) is 14.8. The van der Waals surface area contributed by atoms with E-state index in [-0.39, 0.29) is 11.7 Å². The van der Waals surface area contributed by atoms with Gasteiger partial charge in [0, 0.05) is 27.2 Å². The lowest BCUT2D eigenvalue weighted by Crippen LogP contribution is -2.47. The topological polar surface area (TPSA) is 60.1 Å². The first-order valence-electron chi connectivity index (χ1n) is 7.21. The zero-order valence-corrected chi connectivity index (χ0v) is 13.0. The molecule has 1 aliphatic rings. The highest BCUT2D eigenvalue weighted by molar-refractivity contribution is 5.25. The summed E-state index contributed by atoms with van der Waals surface area (Å²) in [4.78, 5) is 30.6. The smallest absolute Gasteiger partial charge is 0.348 e. The van der Waals surface area contributed by atoms with Gasteiger partial charge in [-0.25, -0.2) is 14.2 Å². The van der Waals surface area contributed by atoms with Crippen LogP contribution in [0.5, 0.6) is 0 Å². The van der Waals surface area contributed by atoms with Gasteiger partial charge in [-0.3, -0.25) is 4.57 Å². The summed E-state index contributed by atoms with van der Waals surface area (Å²) in [6.07, 6.45) is 3.10. The fraction of sp³-hybridized carbons (Fsp3) is 0.786. The molecule has 0 bridgehead atoms. The van der Waals surface area contributed by atoms with Crippen molar-refractivity contribution in [1.29, 1.82) is 0 Å². The highest BCUT2D eigenvalue weighted by Gasteiger charge is 2.31. The molecule has 0 N–H and O–H groups in total. The van der Waals surface area contributed by atoms with Gasteiger partial charge in [0.1, 0.15) is 0 Å². The first-order valence-corrected chi connectivity index (χ1v) is 7.21. The number of nitrogens with zero attached hydrogens (tertiary/aromatic N) is 4. The maximum Gasteiger partial charge on any atom is 0.355 e. The number of rotatable bonds is 2. The number of anilines is 1. The van der Waals surface area contributed by atoms with Crippen LogP contribution in [0.1, 0.15) is 39.2 Å². The second-order valence-corrected chi connectivity index (χ2v) is 6.14. The molecule has 6 nitrogen and oxygen atoms in total. The van der Waals surface area contributed by atoms with Crippen molar-refractivity contribution in [2.24, 2.45) is 18.9 Å². The average molecular weight is 280 g/mol. The second-order valence-electron chi connectivity index (χ2n) is 6.14. The summed E-state index contributed by atoms with van der Waals surface area (Å²) in [5.41, 5.74) is -0.692. The van der Waals surface area contributed by atoms with E-state index in [1.54, 1.807) is 26.0 Å². The largest absolute Gasteiger partial charge is 0.355 e. The summed E-state index contributed by atoms with van der Waals surface area (Å²) in [6.45, 7) is 4.31. The summed E-state index contributed by atoms with van der Waals surface area (Å²) in [7, 11) is 5.21. The van der Waals surface area contributed by atoms with Crippen LogP contribution < -0.4 is 16.3 Å². The minimum absolute atomic E-state index is 0.0336. The van der Waals surface area contributed by atoms with E-state index in [4.69, 9.17) is 0 Å². The van der Waals surface area contributed by atoms with E-state index >= 15 is 0 Å². The van der Waals surface area contributed by atoms with E-state index in [2.05, 4.69) is 18.8 Å². The van der Waals surface area contributed by atoms with Crippen LogP contribution in [0.4, 0.5) is 5.95 Å².